The fourth-order valence-corrected chi connectivity index (χ4v) is 8.71. The highest BCUT2D eigenvalue weighted by Gasteiger charge is 2.26. The van der Waals surface area contributed by atoms with Gasteiger partial charge in [0.25, 0.3) is 0 Å². The summed E-state index contributed by atoms with van der Waals surface area (Å²) in [5, 5.41) is 11.0. The average Bonchev–Trinajstić information content (AvgIpc) is 3.84. The van der Waals surface area contributed by atoms with Gasteiger partial charge in [-0.3, -0.25) is 4.57 Å². The molecule has 4 heteroatoms. The predicted molar refractivity (Wildman–Crippen MR) is 217 cm³/mol. The first-order valence-electron chi connectivity index (χ1n) is 17.8. The van der Waals surface area contributed by atoms with Crippen molar-refractivity contribution in [2.45, 2.75) is 0 Å². The Morgan fingerprint density at radius 2 is 0.981 bits per heavy atom. The van der Waals surface area contributed by atoms with Crippen molar-refractivity contribution < 1.29 is 0 Å². The topological polar surface area (TPSA) is 35.1 Å². The van der Waals surface area contributed by atoms with Gasteiger partial charge in [0.15, 0.2) is 5.82 Å². The third-order valence-electron chi connectivity index (χ3n) is 11.0. The molecule has 0 aliphatic rings. The van der Waals surface area contributed by atoms with E-state index in [0.29, 0.717) is 5.82 Å². The van der Waals surface area contributed by atoms with Crippen molar-refractivity contribution in [1.82, 2.24) is 18.9 Å². The second-order valence-corrected chi connectivity index (χ2v) is 13.8. The Bertz CT molecular complexity index is 3390. The first-order chi connectivity index (χ1) is 25.8. The van der Waals surface area contributed by atoms with Crippen molar-refractivity contribution in [3.8, 4) is 28.3 Å². The molecule has 0 aliphatic heterocycles. The van der Waals surface area contributed by atoms with Crippen LogP contribution < -0.4 is 0 Å². The van der Waals surface area contributed by atoms with Gasteiger partial charge in [-0.1, -0.05) is 127 Å². The molecule has 0 saturated carbocycles. The lowest BCUT2D eigenvalue weighted by molar-refractivity contribution is 1.08. The minimum Gasteiger partial charge on any atom is -0.308 e. The fraction of sp³-hybridized carbons (Fsp3) is 0. The predicted octanol–water partition coefficient (Wildman–Crippen LogP) is 12.4. The molecule has 8 aromatic carbocycles. The Morgan fingerprint density at radius 3 is 1.81 bits per heavy atom. The summed E-state index contributed by atoms with van der Waals surface area (Å²) in [5.74, 6) is 1.59. The van der Waals surface area contributed by atoms with Crippen molar-refractivity contribution in [3.63, 3.8) is 0 Å². The minimum absolute atomic E-state index is 0.706. The van der Waals surface area contributed by atoms with E-state index in [-0.39, 0.29) is 0 Å². The third kappa shape index (κ3) is 3.70. The van der Waals surface area contributed by atoms with Crippen LogP contribution in [0.2, 0.25) is 0 Å². The number of hydrogen-bond donors (Lipinski definition) is 0. The smallest absolute Gasteiger partial charge is 0.162 e. The number of nitrogens with zero attached hydrogens (tertiary/aromatic N) is 4. The van der Waals surface area contributed by atoms with Crippen molar-refractivity contribution >= 4 is 81.6 Å². The molecule has 240 valence electrons. The molecular weight excluding hydrogens is 633 g/mol. The highest BCUT2D eigenvalue weighted by Crippen LogP contribution is 2.47. The molecule has 0 bridgehead atoms. The van der Waals surface area contributed by atoms with Crippen LogP contribution in [-0.4, -0.2) is 18.9 Å². The van der Waals surface area contributed by atoms with Gasteiger partial charge < -0.3 is 4.40 Å². The summed E-state index contributed by atoms with van der Waals surface area (Å²) in [6.07, 6.45) is 0. The van der Waals surface area contributed by atoms with Crippen LogP contribution >= 0.6 is 0 Å². The molecule has 0 unspecified atom stereocenters. The van der Waals surface area contributed by atoms with Crippen molar-refractivity contribution in [1.29, 1.82) is 0 Å². The lowest BCUT2D eigenvalue weighted by Crippen LogP contribution is -2.03. The van der Waals surface area contributed by atoms with E-state index >= 15 is 0 Å². The molecule has 0 fully saturated rings. The summed E-state index contributed by atoms with van der Waals surface area (Å²) < 4.78 is 4.90. The van der Waals surface area contributed by atoms with E-state index in [2.05, 4.69) is 179 Å². The maximum Gasteiger partial charge on any atom is 0.162 e. The zero-order chi connectivity index (χ0) is 33.9. The van der Waals surface area contributed by atoms with Crippen LogP contribution in [-0.2, 0) is 0 Å². The number of hydrogen-bond acceptors (Lipinski definition) is 2. The highest BCUT2D eigenvalue weighted by molar-refractivity contribution is 6.34. The molecular formula is C48H28N4. The molecule has 0 N–H and O–H groups in total. The molecule has 0 spiro atoms. The molecule has 52 heavy (non-hydrogen) atoms. The molecule has 12 aromatic rings. The van der Waals surface area contributed by atoms with Crippen LogP contribution in [0.15, 0.2) is 170 Å². The van der Waals surface area contributed by atoms with Gasteiger partial charge in [-0.25, -0.2) is 9.97 Å². The van der Waals surface area contributed by atoms with Gasteiger partial charge in [0, 0.05) is 43.3 Å². The largest absolute Gasteiger partial charge is 0.308 e. The standard InChI is InChI=1S/C48H28N4/c1-2-12-29(13-3-1)30-22-24-31(25-23-30)47-49-40-19-9-6-17-35(40)48(50-47)52-41-20-10-7-16-34(41)38-28-39-37-26-32-14-4-5-15-33(32)27-43(37)51-42-21-11-8-18-36(42)44(45(39)51)46(38)52/h1-28H. The molecule has 0 atom stereocenters. The zero-order valence-corrected chi connectivity index (χ0v) is 28.0. The van der Waals surface area contributed by atoms with Gasteiger partial charge >= 0.3 is 0 Å². The number of aromatic nitrogens is 4. The van der Waals surface area contributed by atoms with Crippen molar-refractivity contribution in [3.05, 3.63) is 170 Å². The van der Waals surface area contributed by atoms with Gasteiger partial charge in [0.2, 0.25) is 0 Å². The second kappa shape index (κ2) is 10.3. The lowest BCUT2D eigenvalue weighted by atomic mass is 10.0. The van der Waals surface area contributed by atoms with Crippen LogP contribution in [0.4, 0.5) is 0 Å². The molecule has 0 aliphatic carbocycles. The zero-order valence-electron chi connectivity index (χ0n) is 28.0. The normalized spacial score (nSPS) is 12.2. The van der Waals surface area contributed by atoms with Gasteiger partial charge in [0.1, 0.15) is 5.82 Å². The van der Waals surface area contributed by atoms with E-state index in [4.69, 9.17) is 9.97 Å². The van der Waals surface area contributed by atoms with Crippen molar-refractivity contribution in [2.24, 2.45) is 0 Å². The third-order valence-corrected chi connectivity index (χ3v) is 11.0. The summed E-state index contributed by atoms with van der Waals surface area (Å²) in [7, 11) is 0. The van der Waals surface area contributed by atoms with Gasteiger partial charge in [-0.05, 0) is 64.4 Å². The monoisotopic (exact) mass is 660 g/mol. The molecule has 0 amide bonds. The van der Waals surface area contributed by atoms with Gasteiger partial charge in [-0.2, -0.15) is 0 Å². The summed E-state index contributed by atoms with van der Waals surface area (Å²) in [4.78, 5) is 10.6. The Balaban J connectivity index is 1.23. The van der Waals surface area contributed by atoms with E-state index in [1.54, 1.807) is 0 Å². The van der Waals surface area contributed by atoms with Gasteiger partial charge in [-0.15, -0.1) is 0 Å². The molecule has 4 nitrogen and oxygen atoms in total. The van der Waals surface area contributed by atoms with Crippen LogP contribution in [0.5, 0.6) is 0 Å². The number of rotatable bonds is 3. The Kier molecular flexibility index (Phi) is 5.47. The van der Waals surface area contributed by atoms with Crippen molar-refractivity contribution in [2.75, 3.05) is 0 Å². The Hall–Kier alpha value is -7.04. The van der Waals surface area contributed by atoms with E-state index in [0.717, 1.165) is 27.8 Å². The van der Waals surface area contributed by atoms with E-state index < -0.39 is 0 Å². The molecule has 4 aromatic heterocycles. The summed E-state index contributed by atoms with van der Waals surface area (Å²) >= 11 is 0. The lowest BCUT2D eigenvalue weighted by Gasteiger charge is -2.13. The Morgan fingerprint density at radius 1 is 0.365 bits per heavy atom. The van der Waals surface area contributed by atoms with Crippen LogP contribution in [0, 0.1) is 0 Å². The quantitative estimate of drug-likeness (QED) is 0.189. The van der Waals surface area contributed by atoms with Crippen LogP contribution in [0.3, 0.4) is 0 Å². The molecule has 12 rings (SSSR count). The number of para-hydroxylation sites is 3. The Labute approximate surface area is 297 Å². The first kappa shape index (κ1) is 27.7. The highest BCUT2D eigenvalue weighted by atomic mass is 15.1. The average molecular weight is 661 g/mol. The number of benzene rings is 8. The van der Waals surface area contributed by atoms with Crippen LogP contribution in [0.1, 0.15) is 0 Å². The summed E-state index contributed by atoms with van der Waals surface area (Å²) in [6.45, 7) is 0. The number of fused-ring (bicyclic) bond motifs is 12. The maximum atomic E-state index is 5.47. The molecule has 0 radical (unpaired) electrons. The van der Waals surface area contributed by atoms with E-state index in [1.165, 1.54) is 76.3 Å². The minimum atomic E-state index is 0.706. The summed E-state index contributed by atoms with van der Waals surface area (Å²) in [5.41, 5.74) is 10.2. The SMILES string of the molecule is c1ccc(-c2ccc(-c3nc(-n4c5ccccc5c5cc6c7cc8ccccc8cc7n7c8ccccc8c(c54)c67)c4ccccc4n3)cc2)cc1. The van der Waals surface area contributed by atoms with Crippen LogP contribution in [0.25, 0.3) is 110 Å². The molecule has 0 saturated heterocycles. The molecule has 4 heterocycles. The maximum absolute atomic E-state index is 5.47. The van der Waals surface area contributed by atoms with E-state index in [1.807, 2.05) is 0 Å². The second-order valence-electron chi connectivity index (χ2n) is 13.8. The fourth-order valence-electron chi connectivity index (χ4n) is 8.71. The first-order valence-corrected chi connectivity index (χ1v) is 17.8. The van der Waals surface area contributed by atoms with Gasteiger partial charge in [0.05, 0.1) is 33.1 Å². The summed E-state index contributed by atoms with van der Waals surface area (Å²) in [6, 6.07) is 61.0. The van der Waals surface area contributed by atoms with E-state index in [9.17, 15) is 0 Å².